The van der Waals surface area contributed by atoms with Gasteiger partial charge in [0.05, 0.1) is 0 Å². The summed E-state index contributed by atoms with van der Waals surface area (Å²) < 4.78 is 14.1. The molecule has 0 amide bonds. The van der Waals surface area contributed by atoms with Crippen LogP contribution in [0.1, 0.15) is 47.0 Å². The maximum Gasteiger partial charge on any atom is 0.334 e. The van der Waals surface area contributed by atoms with Crippen LogP contribution >= 0.6 is 0 Å². The first-order valence-electron chi connectivity index (χ1n) is 8.82. The first kappa shape index (κ1) is 21.3. The molecule has 0 aliphatic rings. The summed E-state index contributed by atoms with van der Waals surface area (Å²) in [7, 11) is 0.469. The van der Waals surface area contributed by atoms with Crippen LogP contribution in [-0.4, -0.2) is 48.7 Å². The molecule has 0 atom stereocenters. The lowest BCUT2D eigenvalue weighted by atomic mass is 10.3. The molecule has 0 saturated heterocycles. The summed E-state index contributed by atoms with van der Waals surface area (Å²) in [6.07, 6.45) is 3.83. The lowest BCUT2D eigenvalue weighted by Gasteiger charge is -2.41. The van der Waals surface area contributed by atoms with Gasteiger partial charge in [-0.2, -0.15) is 0 Å². The summed E-state index contributed by atoms with van der Waals surface area (Å²) in [5, 5.41) is 0. The average Bonchev–Trinajstić information content (AvgIpc) is 2.53. The molecule has 0 unspecified atom stereocenters. The molecule has 0 rings (SSSR count). The molecule has 0 aliphatic carbocycles. The Bertz CT molecular complexity index is 248. The Labute approximate surface area is 135 Å². The molecule has 0 heterocycles. The van der Waals surface area contributed by atoms with Crippen LogP contribution in [0.15, 0.2) is 0 Å². The molecule has 128 valence electrons. The van der Waals surface area contributed by atoms with Gasteiger partial charge in [0.25, 0.3) is 0 Å². The molecule has 0 N–H and O–H groups in total. The highest BCUT2D eigenvalue weighted by atomic mass is 28.4. The number of hydrogen-bond acceptors (Lipinski definition) is 3. The van der Waals surface area contributed by atoms with E-state index in [1.807, 2.05) is 0 Å². The quantitative estimate of drug-likeness (QED) is 0.450. The predicted octanol–water partition coefficient (Wildman–Crippen LogP) is 4.85. The molecular formula is C16H39NO2Si2. The van der Waals surface area contributed by atoms with Gasteiger partial charge in [0.1, 0.15) is 8.24 Å². The highest BCUT2D eigenvalue weighted by Gasteiger charge is 2.35. The van der Waals surface area contributed by atoms with Crippen LogP contribution < -0.4 is 0 Å². The number of unbranched alkanes of at least 4 members (excludes halogenated alkanes) is 1. The van der Waals surface area contributed by atoms with Gasteiger partial charge in [0.2, 0.25) is 0 Å². The molecular weight excluding hydrogens is 294 g/mol. The Balaban J connectivity index is 4.69. The normalized spacial score (nSPS) is 13.1. The third-order valence-corrected chi connectivity index (χ3v) is 14.1. The molecule has 0 aromatic rings. The van der Waals surface area contributed by atoms with E-state index in [0.717, 1.165) is 6.04 Å². The summed E-state index contributed by atoms with van der Waals surface area (Å²) in [5.74, 6) is 0. The first-order chi connectivity index (χ1) is 9.97. The number of nitrogens with zero attached hydrogens (tertiary/aromatic N) is 1. The molecule has 0 aromatic heterocycles. The van der Waals surface area contributed by atoms with Gasteiger partial charge < -0.3 is 13.4 Å². The van der Waals surface area contributed by atoms with Crippen molar-refractivity contribution in [2.75, 3.05) is 27.3 Å². The van der Waals surface area contributed by atoms with E-state index in [2.05, 4.69) is 38.8 Å². The third kappa shape index (κ3) is 6.52. The van der Waals surface area contributed by atoms with E-state index in [1.54, 1.807) is 14.2 Å². The zero-order valence-electron chi connectivity index (χ0n) is 15.6. The fraction of sp³-hybridized carbons (Fsp3) is 1.00. The highest BCUT2D eigenvalue weighted by Crippen LogP contribution is 2.26. The van der Waals surface area contributed by atoms with Crippen molar-refractivity contribution in [3.05, 3.63) is 0 Å². The van der Waals surface area contributed by atoms with E-state index in [-0.39, 0.29) is 0 Å². The summed E-state index contributed by atoms with van der Waals surface area (Å²) in [6, 6.07) is 5.25. The van der Waals surface area contributed by atoms with Crippen LogP contribution in [0.3, 0.4) is 0 Å². The monoisotopic (exact) mass is 333 g/mol. The van der Waals surface area contributed by atoms with Crippen molar-refractivity contribution in [3.8, 4) is 0 Å². The summed E-state index contributed by atoms with van der Waals surface area (Å²) in [4.78, 5) is 0. The molecule has 0 spiro atoms. The van der Waals surface area contributed by atoms with Gasteiger partial charge in [-0.25, -0.2) is 0 Å². The third-order valence-electron chi connectivity index (χ3n) is 5.35. The van der Waals surface area contributed by atoms with Crippen LogP contribution in [0.5, 0.6) is 0 Å². The Morgan fingerprint density at radius 1 is 0.810 bits per heavy atom. The maximum absolute atomic E-state index is 5.62. The van der Waals surface area contributed by atoms with Crippen molar-refractivity contribution < 1.29 is 8.85 Å². The Morgan fingerprint density at radius 3 is 1.67 bits per heavy atom. The summed E-state index contributed by atoms with van der Waals surface area (Å²) in [6.45, 7) is 14.2. The minimum Gasteiger partial charge on any atom is -0.398 e. The van der Waals surface area contributed by atoms with Gasteiger partial charge in [-0.3, -0.25) is 0 Å². The lowest BCUT2D eigenvalue weighted by Crippen LogP contribution is -2.53. The molecule has 0 saturated carbocycles. The van der Waals surface area contributed by atoms with E-state index in [9.17, 15) is 0 Å². The highest BCUT2D eigenvalue weighted by molar-refractivity contribution is 6.77. The van der Waals surface area contributed by atoms with Crippen molar-refractivity contribution in [3.63, 3.8) is 0 Å². The SMILES string of the molecule is CCCCN(CCC[Si](C)(OC)OC)[Si](CC)(CC)CC. The molecule has 5 heteroatoms. The van der Waals surface area contributed by atoms with Crippen molar-refractivity contribution in [2.45, 2.75) is 77.7 Å². The molecule has 0 aromatic carbocycles. The first-order valence-corrected chi connectivity index (χ1v) is 13.9. The molecule has 21 heavy (non-hydrogen) atoms. The smallest absolute Gasteiger partial charge is 0.334 e. The van der Waals surface area contributed by atoms with Crippen LogP contribution in [0.4, 0.5) is 0 Å². The predicted molar refractivity (Wildman–Crippen MR) is 98.7 cm³/mol. The Morgan fingerprint density at radius 2 is 1.29 bits per heavy atom. The minimum absolute atomic E-state index is 1.10. The van der Waals surface area contributed by atoms with Gasteiger partial charge in [-0.15, -0.1) is 0 Å². The van der Waals surface area contributed by atoms with Gasteiger partial charge in [0, 0.05) is 14.2 Å². The van der Waals surface area contributed by atoms with Crippen LogP contribution in [-0.2, 0) is 8.85 Å². The van der Waals surface area contributed by atoms with Gasteiger partial charge in [-0.1, -0.05) is 34.1 Å². The van der Waals surface area contributed by atoms with Crippen molar-refractivity contribution in [1.82, 2.24) is 4.57 Å². The average molecular weight is 334 g/mol. The van der Waals surface area contributed by atoms with E-state index >= 15 is 0 Å². The number of hydrogen-bond donors (Lipinski definition) is 0. The van der Waals surface area contributed by atoms with Crippen molar-refractivity contribution >= 4 is 16.8 Å². The molecule has 3 nitrogen and oxygen atoms in total. The van der Waals surface area contributed by atoms with E-state index in [0.29, 0.717) is 0 Å². The standard InChI is InChI=1S/C16H39NO2Si2/c1-8-12-14-17(21(9-2,10-3)11-4)15-13-16-20(7,18-5)19-6/h8-16H2,1-7H3. The number of rotatable bonds is 13. The van der Waals surface area contributed by atoms with Gasteiger partial charge in [0.15, 0.2) is 0 Å². The van der Waals surface area contributed by atoms with Gasteiger partial charge in [-0.05, 0) is 56.7 Å². The lowest BCUT2D eigenvalue weighted by molar-refractivity contribution is 0.246. The largest absolute Gasteiger partial charge is 0.398 e. The summed E-state index contributed by atoms with van der Waals surface area (Å²) in [5.41, 5.74) is 0. The Kier molecular flexibility index (Phi) is 11.1. The van der Waals surface area contributed by atoms with E-state index < -0.39 is 16.8 Å². The molecule has 0 radical (unpaired) electrons. The molecule has 0 aliphatic heterocycles. The van der Waals surface area contributed by atoms with Crippen molar-refractivity contribution in [1.29, 1.82) is 0 Å². The van der Waals surface area contributed by atoms with E-state index in [1.165, 1.54) is 50.5 Å². The van der Waals surface area contributed by atoms with Crippen molar-refractivity contribution in [2.24, 2.45) is 0 Å². The maximum atomic E-state index is 5.62. The Hall–Kier alpha value is 0.314. The van der Waals surface area contributed by atoms with Crippen LogP contribution in [0, 0.1) is 0 Å². The fourth-order valence-corrected chi connectivity index (χ4v) is 8.72. The van der Waals surface area contributed by atoms with E-state index in [4.69, 9.17) is 8.85 Å². The van der Waals surface area contributed by atoms with Crippen LogP contribution in [0.25, 0.3) is 0 Å². The fourth-order valence-electron chi connectivity index (χ4n) is 3.23. The van der Waals surface area contributed by atoms with Gasteiger partial charge >= 0.3 is 8.56 Å². The zero-order valence-corrected chi connectivity index (χ0v) is 17.6. The second kappa shape index (κ2) is 10.9. The molecule has 0 fully saturated rings. The second-order valence-electron chi connectivity index (χ2n) is 6.27. The minimum atomic E-state index is -1.90. The van der Waals surface area contributed by atoms with Crippen LogP contribution in [0.2, 0.25) is 30.7 Å². The topological polar surface area (TPSA) is 21.7 Å². The molecule has 0 bridgehead atoms. The second-order valence-corrected chi connectivity index (χ2v) is 15.1. The zero-order chi connectivity index (χ0) is 16.4. The summed E-state index contributed by atoms with van der Waals surface area (Å²) >= 11 is 0.